The first kappa shape index (κ1) is 23.3. The fraction of sp³-hybridized carbons (Fsp3) is 0.600. The maximum Gasteiger partial charge on any atom is 0.338 e. The number of carbonyl (C=O) groups excluding carboxylic acids is 2. The molecular weight excluding hydrogens is 396 g/mol. The van der Waals surface area contributed by atoms with Crippen molar-refractivity contribution in [3.8, 4) is 0 Å². The summed E-state index contributed by atoms with van der Waals surface area (Å²) in [6.45, 7) is 9.51. The van der Waals surface area contributed by atoms with Crippen LogP contribution in [0.4, 0.5) is 0 Å². The normalized spacial score (nSPS) is 20.9. The van der Waals surface area contributed by atoms with E-state index in [1.165, 1.54) is 28.6 Å². The molecule has 1 aliphatic rings. The summed E-state index contributed by atoms with van der Waals surface area (Å²) in [6, 6.07) is 5.51. The molecule has 0 aromatic heterocycles. The van der Waals surface area contributed by atoms with Gasteiger partial charge in [-0.05, 0) is 58.4 Å². The third-order valence-corrected chi connectivity index (χ3v) is 6.66. The van der Waals surface area contributed by atoms with Gasteiger partial charge >= 0.3 is 5.97 Å². The Morgan fingerprint density at radius 1 is 1.17 bits per heavy atom. The molecule has 1 heterocycles. The molecule has 1 saturated heterocycles. The molecule has 1 N–H and O–H groups in total. The molecule has 1 aromatic rings. The number of nitrogens with one attached hydrogen (secondary N) is 1. The zero-order valence-corrected chi connectivity index (χ0v) is 18.4. The van der Waals surface area contributed by atoms with E-state index in [0.717, 1.165) is 6.42 Å². The number of amides is 1. The van der Waals surface area contributed by atoms with Crippen molar-refractivity contribution in [1.29, 1.82) is 0 Å². The van der Waals surface area contributed by atoms with Gasteiger partial charge in [-0.15, -0.1) is 0 Å². The Bertz CT molecular complexity index is 825. The van der Waals surface area contributed by atoms with Crippen molar-refractivity contribution < 1.29 is 27.5 Å². The molecule has 0 saturated carbocycles. The van der Waals surface area contributed by atoms with E-state index in [0.29, 0.717) is 0 Å². The lowest BCUT2D eigenvalue weighted by Gasteiger charge is -2.34. The van der Waals surface area contributed by atoms with Crippen LogP contribution in [0.5, 0.6) is 0 Å². The molecule has 0 aliphatic carbocycles. The van der Waals surface area contributed by atoms with Gasteiger partial charge in [0, 0.05) is 18.6 Å². The quantitative estimate of drug-likeness (QED) is 0.669. The molecule has 1 amide bonds. The number of morpholine rings is 1. The minimum absolute atomic E-state index is 0.0952. The van der Waals surface area contributed by atoms with Crippen molar-refractivity contribution in [2.24, 2.45) is 0 Å². The summed E-state index contributed by atoms with van der Waals surface area (Å²) in [7, 11) is -3.68. The van der Waals surface area contributed by atoms with Crippen LogP contribution < -0.4 is 5.32 Å². The van der Waals surface area contributed by atoms with E-state index < -0.39 is 22.6 Å². The Morgan fingerprint density at radius 3 is 2.24 bits per heavy atom. The largest absolute Gasteiger partial charge is 0.452 e. The van der Waals surface area contributed by atoms with E-state index in [1.54, 1.807) is 0 Å². The first-order chi connectivity index (χ1) is 13.4. The van der Waals surface area contributed by atoms with Crippen LogP contribution >= 0.6 is 0 Å². The van der Waals surface area contributed by atoms with Gasteiger partial charge in [0.05, 0.1) is 22.7 Å². The molecule has 1 aromatic carbocycles. The molecule has 2 rings (SSSR count). The van der Waals surface area contributed by atoms with Crippen LogP contribution in [0.25, 0.3) is 0 Å². The van der Waals surface area contributed by atoms with Crippen molar-refractivity contribution in [2.75, 3.05) is 19.7 Å². The highest BCUT2D eigenvalue weighted by molar-refractivity contribution is 7.89. The van der Waals surface area contributed by atoms with Gasteiger partial charge in [0.15, 0.2) is 6.61 Å². The summed E-state index contributed by atoms with van der Waals surface area (Å²) in [6.07, 6.45) is 0.363. The van der Waals surface area contributed by atoms with Crippen LogP contribution in [0.15, 0.2) is 29.2 Å². The number of nitrogens with zero attached hydrogens (tertiary/aromatic N) is 1. The van der Waals surface area contributed by atoms with Crippen LogP contribution in [-0.4, -0.2) is 62.0 Å². The summed E-state index contributed by atoms with van der Waals surface area (Å²) in [4.78, 5) is 24.1. The van der Waals surface area contributed by atoms with Gasteiger partial charge in [-0.2, -0.15) is 4.31 Å². The van der Waals surface area contributed by atoms with Gasteiger partial charge in [0.1, 0.15) is 0 Å². The lowest BCUT2D eigenvalue weighted by molar-refractivity contribution is -0.125. The third kappa shape index (κ3) is 6.25. The molecule has 29 heavy (non-hydrogen) atoms. The average Bonchev–Trinajstić information content (AvgIpc) is 2.65. The van der Waals surface area contributed by atoms with Crippen molar-refractivity contribution in [2.45, 2.75) is 63.7 Å². The second-order valence-electron chi connectivity index (χ2n) is 7.97. The molecule has 0 radical (unpaired) electrons. The third-order valence-electron chi connectivity index (χ3n) is 4.81. The zero-order chi connectivity index (χ0) is 21.8. The lowest BCUT2D eigenvalue weighted by atomic mass is 10.0. The monoisotopic (exact) mass is 426 g/mol. The molecule has 162 valence electrons. The first-order valence-corrected chi connectivity index (χ1v) is 11.1. The number of sulfonamides is 1. The highest BCUT2D eigenvalue weighted by Crippen LogP contribution is 2.21. The highest BCUT2D eigenvalue weighted by atomic mass is 32.2. The summed E-state index contributed by atoms with van der Waals surface area (Å²) in [5, 5.41) is 2.77. The topological polar surface area (TPSA) is 102 Å². The van der Waals surface area contributed by atoms with E-state index >= 15 is 0 Å². The molecule has 1 fully saturated rings. The number of hydrogen-bond acceptors (Lipinski definition) is 6. The fourth-order valence-corrected chi connectivity index (χ4v) is 4.55. The predicted molar refractivity (Wildman–Crippen MR) is 108 cm³/mol. The number of benzene rings is 1. The first-order valence-electron chi connectivity index (χ1n) is 9.68. The number of carbonyl (C=O) groups is 2. The van der Waals surface area contributed by atoms with E-state index in [-0.39, 0.29) is 47.2 Å². The van der Waals surface area contributed by atoms with Gasteiger partial charge < -0.3 is 14.8 Å². The van der Waals surface area contributed by atoms with E-state index in [2.05, 4.69) is 5.32 Å². The second kappa shape index (κ2) is 9.23. The summed E-state index contributed by atoms with van der Waals surface area (Å²) in [5.41, 5.74) is -0.205. The predicted octanol–water partition coefficient (Wildman–Crippen LogP) is 1.95. The minimum Gasteiger partial charge on any atom is -0.452 e. The minimum atomic E-state index is -3.68. The Balaban J connectivity index is 2.00. The zero-order valence-electron chi connectivity index (χ0n) is 17.6. The molecule has 0 bridgehead atoms. The molecule has 1 aliphatic heterocycles. The number of hydrogen-bond donors (Lipinski definition) is 1. The lowest BCUT2D eigenvalue weighted by Crippen LogP contribution is -2.48. The Kier molecular flexibility index (Phi) is 7.42. The smallest absolute Gasteiger partial charge is 0.338 e. The van der Waals surface area contributed by atoms with E-state index in [1.807, 2.05) is 34.6 Å². The van der Waals surface area contributed by atoms with Crippen molar-refractivity contribution in [1.82, 2.24) is 9.62 Å². The maximum absolute atomic E-state index is 12.8. The Morgan fingerprint density at radius 2 is 1.72 bits per heavy atom. The van der Waals surface area contributed by atoms with Gasteiger partial charge in [-0.25, -0.2) is 13.2 Å². The fourth-order valence-electron chi connectivity index (χ4n) is 2.96. The number of rotatable bonds is 7. The maximum atomic E-state index is 12.8. The van der Waals surface area contributed by atoms with Gasteiger partial charge in [0.2, 0.25) is 10.0 Å². The Labute approximate surface area is 172 Å². The van der Waals surface area contributed by atoms with Gasteiger partial charge in [0.25, 0.3) is 5.91 Å². The van der Waals surface area contributed by atoms with Crippen LogP contribution in [0.3, 0.4) is 0 Å². The molecule has 8 nitrogen and oxygen atoms in total. The summed E-state index contributed by atoms with van der Waals surface area (Å²) < 4.78 is 37.7. The summed E-state index contributed by atoms with van der Waals surface area (Å²) in [5.74, 6) is -1.08. The van der Waals surface area contributed by atoms with Crippen LogP contribution in [0.1, 0.15) is 51.4 Å². The number of esters is 1. The number of ether oxygens (including phenoxy) is 2. The highest BCUT2D eigenvalue weighted by Gasteiger charge is 2.32. The Hall–Kier alpha value is -1.97. The van der Waals surface area contributed by atoms with Gasteiger partial charge in [-0.3, -0.25) is 4.79 Å². The van der Waals surface area contributed by atoms with Crippen LogP contribution in [-0.2, 0) is 24.3 Å². The average molecular weight is 427 g/mol. The SMILES string of the molecule is CCC(C)(C)NC(=O)COC(=O)c1ccc(S(=O)(=O)N2C[C@H](C)O[C@@H](C)C2)cc1. The van der Waals surface area contributed by atoms with Crippen LogP contribution in [0.2, 0.25) is 0 Å². The van der Waals surface area contributed by atoms with E-state index in [4.69, 9.17) is 9.47 Å². The molecule has 0 spiro atoms. The molecule has 9 heteroatoms. The van der Waals surface area contributed by atoms with Crippen molar-refractivity contribution >= 4 is 21.9 Å². The van der Waals surface area contributed by atoms with Gasteiger partial charge in [-0.1, -0.05) is 6.92 Å². The molecular formula is C20H30N2O6S. The van der Waals surface area contributed by atoms with Crippen molar-refractivity contribution in [3.63, 3.8) is 0 Å². The second-order valence-corrected chi connectivity index (χ2v) is 9.90. The molecule has 0 unspecified atom stereocenters. The standard InChI is InChI=1S/C20H30N2O6S/c1-6-20(4,5)21-18(23)13-27-19(24)16-7-9-17(10-8-16)29(25,26)22-11-14(2)28-15(3)12-22/h7-10,14-15H,6,11-13H2,1-5H3,(H,21,23)/t14-,15-/m0/s1. The van der Waals surface area contributed by atoms with Crippen molar-refractivity contribution in [3.05, 3.63) is 29.8 Å². The van der Waals surface area contributed by atoms with Crippen LogP contribution in [0, 0.1) is 0 Å². The molecule has 2 atom stereocenters. The van der Waals surface area contributed by atoms with E-state index in [9.17, 15) is 18.0 Å². The summed E-state index contributed by atoms with van der Waals surface area (Å²) >= 11 is 0.